The second-order valence-electron chi connectivity index (χ2n) is 2.51. The van der Waals surface area contributed by atoms with Crippen molar-refractivity contribution in [1.29, 1.82) is 0 Å². The standard InChI is InChI=1S/C9H9N3O2/c1-7(9-4-3-5-14-9)11-12-8(2)10-6-13/h3-5H,1-2H3/b11-7+,12-8+. The first kappa shape index (κ1) is 10.1. The summed E-state index contributed by atoms with van der Waals surface area (Å²) in [5, 5.41) is 7.51. The fraction of sp³-hybridized carbons (Fsp3) is 0.222. The number of hydrogen-bond donors (Lipinski definition) is 0. The molecular weight excluding hydrogens is 182 g/mol. The van der Waals surface area contributed by atoms with Crippen molar-refractivity contribution in [3.63, 3.8) is 0 Å². The van der Waals surface area contributed by atoms with Crippen molar-refractivity contribution < 1.29 is 9.21 Å². The molecule has 1 aromatic rings. The van der Waals surface area contributed by atoms with Crippen LogP contribution in [0.3, 0.4) is 0 Å². The average Bonchev–Trinajstić information content (AvgIpc) is 2.67. The van der Waals surface area contributed by atoms with Gasteiger partial charge < -0.3 is 4.42 Å². The van der Waals surface area contributed by atoms with Crippen LogP contribution in [-0.2, 0) is 4.79 Å². The number of nitrogens with zero attached hydrogens (tertiary/aromatic N) is 3. The van der Waals surface area contributed by atoms with Gasteiger partial charge in [-0.15, -0.1) is 5.10 Å². The van der Waals surface area contributed by atoms with Gasteiger partial charge in [-0.3, -0.25) is 0 Å². The largest absolute Gasteiger partial charge is 0.463 e. The van der Waals surface area contributed by atoms with Crippen molar-refractivity contribution in [3.05, 3.63) is 24.2 Å². The molecular formula is C9H9N3O2. The Bertz CT molecular complexity index is 398. The van der Waals surface area contributed by atoms with Crippen LogP contribution >= 0.6 is 0 Å². The van der Waals surface area contributed by atoms with E-state index in [1.807, 2.05) is 0 Å². The first-order valence-corrected chi connectivity index (χ1v) is 3.94. The van der Waals surface area contributed by atoms with Gasteiger partial charge in [-0.25, -0.2) is 4.79 Å². The van der Waals surface area contributed by atoms with Gasteiger partial charge in [0.1, 0.15) is 11.5 Å². The van der Waals surface area contributed by atoms with Crippen molar-refractivity contribution in [1.82, 2.24) is 0 Å². The maximum Gasteiger partial charge on any atom is 0.241 e. The molecule has 1 aromatic heterocycles. The van der Waals surface area contributed by atoms with Gasteiger partial charge in [-0.05, 0) is 26.0 Å². The molecule has 14 heavy (non-hydrogen) atoms. The molecule has 72 valence electrons. The SMILES string of the molecule is C/C(N=C=O)=N\N=C(/C)c1ccco1. The Hall–Kier alpha value is -2.00. The Balaban J connectivity index is 2.80. The summed E-state index contributed by atoms with van der Waals surface area (Å²) < 4.78 is 5.08. The molecule has 0 unspecified atom stereocenters. The molecule has 0 fully saturated rings. The van der Waals surface area contributed by atoms with E-state index in [1.165, 1.54) is 6.08 Å². The normalized spacial score (nSPS) is 12.4. The van der Waals surface area contributed by atoms with Gasteiger partial charge in [-0.2, -0.15) is 10.1 Å². The third-order valence-corrected chi connectivity index (χ3v) is 1.43. The van der Waals surface area contributed by atoms with Crippen LogP contribution in [0.25, 0.3) is 0 Å². The van der Waals surface area contributed by atoms with Crippen molar-refractivity contribution >= 4 is 17.6 Å². The van der Waals surface area contributed by atoms with Crippen LogP contribution in [0.5, 0.6) is 0 Å². The summed E-state index contributed by atoms with van der Waals surface area (Å²) in [6.45, 7) is 3.31. The Kier molecular flexibility index (Phi) is 3.52. The lowest BCUT2D eigenvalue weighted by molar-refractivity contribution is 0.557. The molecule has 0 N–H and O–H groups in total. The highest BCUT2D eigenvalue weighted by Gasteiger charge is 1.98. The van der Waals surface area contributed by atoms with Crippen LogP contribution in [0.1, 0.15) is 19.6 Å². The predicted octanol–water partition coefficient (Wildman–Crippen LogP) is 1.76. The van der Waals surface area contributed by atoms with E-state index < -0.39 is 0 Å². The summed E-state index contributed by atoms with van der Waals surface area (Å²) in [5.74, 6) is 0.891. The van der Waals surface area contributed by atoms with Gasteiger partial charge in [0.25, 0.3) is 0 Å². The van der Waals surface area contributed by atoms with Crippen LogP contribution in [-0.4, -0.2) is 17.6 Å². The molecule has 1 rings (SSSR count). The second-order valence-corrected chi connectivity index (χ2v) is 2.51. The number of amidine groups is 1. The molecule has 5 nitrogen and oxygen atoms in total. The van der Waals surface area contributed by atoms with Gasteiger partial charge in [0.15, 0.2) is 5.84 Å². The quantitative estimate of drug-likeness (QED) is 0.309. The summed E-state index contributed by atoms with van der Waals surface area (Å²) in [5.41, 5.74) is 0.621. The summed E-state index contributed by atoms with van der Waals surface area (Å²) in [6, 6.07) is 3.53. The molecule has 0 saturated carbocycles. The maximum absolute atomic E-state index is 9.85. The minimum Gasteiger partial charge on any atom is -0.463 e. The number of isocyanates is 1. The molecule has 0 amide bonds. The Morgan fingerprint density at radius 2 is 2.21 bits per heavy atom. The van der Waals surface area contributed by atoms with Crippen molar-refractivity contribution in [2.75, 3.05) is 0 Å². The lowest BCUT2D eigenvalue weighted by Gasteiger charge is -1.90. The van der Waals surface area contributed by atoms with Gasteiger partial charge in [0, 0.05) is 0 Å². The van der Waals surface area contributed by atoms with Gasteiger partial charge in [-0.1, -0.05) is 0 Å². The molecule has 0 radical (unpaired) electrons. The molecule has 1 heterocycles. The fourth-order valence-corrected chi connectivity index (χ4v) is 0.769. The lowest BCUT2D eigenvalue weighted by Crippen LogP contribution is -1.91. The number of carbonyl (C=O) groups excluding carboxylic acids is 1. The topological polar surface area (TPSA) is 67.3 Å². The van der Waals surface area contributed by atoms with Gasteiger partial charge >= 0.3 is 0 Å². The van der Waals surface area contributed by atoms with E-state index in [1.54, 1.807) is 32.2 Å². The molecule has 0 aromatic carbocycles. The number of furan rings is 1. The van der Waals surface area contributed by atoms with Gasteiger partial charge in [0.05, 0.1) is 6.26 Å². The van der Waals surface area contributed by atoms with Crippen molar-refractivity contribution in [2.24, 2.45) is 15.2 Å². The minimum absolute atomic E-state index is 0.255. The van der Waals surface area contributed by atoms with E-state index >= 15 is 0 Å². The highest BCUT2D eigenvalue weighted by Crippen LogP contribution is 2.02. The predicted molar refractivity (Wildman–Crippen MR) is 52.1 cm³/mol. The Labute approximate surface area is 80.9 Å². The zero-order valence-corrected chi connectivity index (χ0v) is 7.89. The van der Waals surface area contributed by atoms with E-state index in [0.29, 0.717) is 11.5 Å². The van der Waals surface area contributed by atoms with Crippen molar-refractivity contribution in [3.8, 4) is 0 Å². The maximum atomic E-state index is 9.85. The lowest BCUT2D eigenvalue weighted by atomic mass is 10.3. The third kappa shape index (κ3) is 2.80. The number of hydrogen-bond acceptors (Lipinski definition) is 4. The highest BCUT2D eigenvalue weighted by molar-refractivity contribution is 5.96. The molecule has 5 heteroatoms. The average molecular weight is 191 g/mol. The first-order chi connectivity index (χ1) is 6.74. The number of aliphatic imine (C=N–C) groups is 1. The second kappa shape index (κ2) is 4.89. The number of rotatable bonds is 2. The van der Waals surface area contributed by atoms with Crippen LogP contribution in [0, 0.1) is 0 Å². The smallest absolute Gasteiger partial charge is 0.241 e. The Morgan fingerprint density at radius 3 is 2.79 bits per heavy atom. The monoisotopic (exact) mass is 191 g/mol. The molecule has 0 bridgehead atoms. The third-order valence-electron chi connectivity index (χ3n) is 1.43. The molecule has 0 saturated heterocycles. The summed E-state index contributed by atoms with van der Waals surface area (Å²) in [7, 11) is 0. The van der Waals surface area contributed by atoms with E-state index in [4.69, 9.17) is 4.42 Å². The fourth-order valence-electron chi connectivity index (χ4n) is 0.769. The minimum atomic E-state index is 0.255. The van der Waals surface area contributed by atoms with E-state index in [0.717, 1.165) is 0 Å². The van der Waals surface area contributed by atoms with Crippen molar-refractivity contribution in [2.45, 2.75) is 13.8 Å². The zero-order chi connectivity index (χ0) is 10.4. The van der Waals surface area contributed by atoms with Crippen LogP contribution in [0.4, 0.5) is 0 Å². The van der Waals surface area contributed by atoms with Gasteiger partial charge in [0.2, 0.25) is 6.08 Å². The van der Waals surface area contributed by atoms with Crippen LogP contribution in [0.2, 0.25) is 0 Å². The molecule has 0 spiro atoms. The zero-order valence-electron chi connectivity index (χ0n) is 7.89. The van der Waals surface area contributed by atoms with Crippen LogP contribution < -0.4 is 0 Å². The van der Waals surface area contributed by atoms with Crippen LogP contribution in [0.15, 0.2) is 38.0 Å². The molecule has 0 aliphatic rings. The summed E-state index contributed by atoms with van der Waals surface area (Å²) >= 11 is 0. The molecule has 0 aliphatic carbocycles. The van der Waals surface area contributed by atoms with E-state index in [2.05, 4.69) is 15.2 Å². The highest BCUT2D eigenvalue weighted by atomic mass is 16.3. The summed E-state index contributed by atoms with van der Waals surface area (Å²) in [6.07, 6.45) is 2.93. The first-order valence-electron chi connectivity index (χ1n) is 3.94. The summed E-state index contributed by atoms with van der Waals surface area (Å²) in [4.78, 5) is 13.1. The Morgan fingerprint density at radius 1 is 1.43 bits per heavy atom. The molecule has 0 atom stereocenters. The van der Waals surface area contributed by atoms with E-state index in [-0.39, 0.29) is 5.84 Å². The molecule has 0 aliphatic heterocycles. The van der Waals surface area contributed by atoms with E-state index in [9.17, 15) is 4.79 Å².